The first-order chi connectivity index (χ1) is 7.63. The highest BCUT2D eigenvalue weighted by molar-refractivity contribution is 5.82. The first-order valence-corrected chi connectivity index (χ1v) is 6.42. The van der Waals surface area contributed by atoms with Gasteiger partial charge in [-0.25, -0.2) is 0 Å². The van der Waals surface area contributed by atoms with Gasteiger partial charge in [-0.15, -0.1) is 0 Å². The van der Waals surface area contributed by atoms with Crippen molar-refractivity contribution in [2.24, 2.45) is 11.8 Å². The van der Waals surface area contributed by atoms with Gasteiger partial charge in [-0.05, 0) is 32.2 Å². The van der Waals surface area contributed by atoms with E-state index in [4.69, 9.17) is 4.74 Å². The number of hydrogen-bond acceptors (Lipinski definition) is 3. The Morgan fingerprint density at radius 2 is 2.06 bits per heavy atom. The lowest BCUT2D eigenvalue weighted by atomic mass is 9.99. The molecule has 0 radical (unpaired) electrons. The molecule has 1 aliphatic heterocycles. The third-order valence-corrected chi connectivity index (χ3v) is 3.50. The van der Waals surface area contributed by atoms with Crippen molar-refractivity contribution in [3.63, 3.8) is 0 Å². The SMILES string of the molecule is CCC(C)C(=O)CN(C)CC1CCOCC1. The number of ether oxygens (including phenoxy) is 1. The Labute approximate surface area is 99.1 Å². The summed E-state index contributed by atoms with van der Waals surface area (Å²) in [5.41, 5.74) is 0. The second kappa shape index (κ2) is 7.02. The maximum Gasteiger partial charge on any atom is 0.149 e. The van der Waals surface area contributed by atoms with E-state index in [-0.39, 0.29) is 5.92 Å². The molecule has 0 bridgehead atoms. The molecule has 1 saturated heterocycles. The van der Waals surface area contributed by atoms with Gasteiger partial charge in [-0.3, -0.25) is 9.69 Å². The van der Waals surface area contributed by atoms with Gasteiger partial charge in [0.25, 0.3) is 0 Å². The number of nitrogens with zero attached hydrogens (tertiary/aromatic N) is 1. The fourth-order valence-corrected chi connectivity index (χ4v) is 2.08. The van der Waals surface area contributed by atoms with Gasteiger partial charge in [0.15, 0.2) is 0 Å². The van der Waals surface area contributed by atoms with Gasteiger partial charge in [-0.2, -0.15) is 0 Å². The van der Waals surface area contributed by atoms with Gasteiger partial charge in [0.1, 0.15) is 5.78 Å². The molecule has 0 aliphatic carbocycles. The smallest absolute Gasteiger partial charge is 0.149 e. The number of carbonyl (C=O) groups excluding carboxylic acids is 1. The van der Waals surface area contributed by atoms with Crippen LogP contribution in [-0.4, -0.2) is 44.0 Å². The minimum absolute atomic E-state index is 0.206. The van der Waals surface area contributed by atoms with Crippen molar-refractivity contribution < 1.29 is 9.53 Å². The molecule has 16 heavy (non-hydrogen) atoms. The normalized spacial score (nSPS) is 20.0. The molecule has 1 rings (SSSR count). The Kier molecular flexibility index (Phi) is 5.99. The highest BCUT2D eigenvalue weighted by Crippen LogP contribution is 2.15. The number of carbonyl (C=O) groups is 1. The predicted octanol–water partition coefficient (Wildman–Crippen LogP) is 1.96. The molecular formula is C13H25NO2. The van der Waals surface area contributed by atoms with Crippen molar-refractivity contribution in [3.05, 3.63) is 0 Å². The van der Waals surface area contributed by atoms with E-state index >= 15 is 0 Å². The second-order valence-corrected chi connectivity index (χ2v) is 5.03. The second-order valence-electron chi connectivity index (χ2n) is 5.03. The summed E-state index contributed by atoms with van der Waals surface area (Å²) in [6.45, 7) is 7.50. The fourth-order valence-electron chi connectivity index (χ4n) is 2.08. The van der Waals surface area contributed by atoms with Gasteiger partial charge in [0.05, 0.1) is 6.54 Å². The van der Waals surface area contributed by atoms with Crippen LogP contribution in [-0.2, 0) is 9.53 Å². The van der Waals surface area contributed by atoms with E-state index in [9.17, 15) is 4.79 Å². The maximum absolute atomic E-state index is 11.8. The zero-order valence-electron chi connectivity index (χ0n) is 10.9. The third-order valence-electron chi connectivity index (χ3n) is 3.50. The Balaban J connectivity index is 2.23. The van der Waals surface area contributed by atoms with Crippen LogP contribution in [0.3, 0.4) is 0 Å². The lowest BCUT2D eigenvalue weighted by Crippen LogP contribution is -2.34. The summed E-state index contributed by atoms with van der Waals surface area (Å²) in [5, 5.41) is 0. The van der Waals surface area contributed by atoms with Crippen LogP contribution in [0.4, 0.5) is 0 Å². The van der Waals surface area contributed by atoms with Gasteiger partial charge in [0, 0.05) is 25.7 Å². The number of likely N-dealkylation sites (N-methyl/N-ethyl adjacent to an activating group) is 1. The predicted molar refractivity (Wildman–Crippen MR) is 65.5 cm³/mol. The monoisotopic (exact) mass is 227 g/mol. The molecule has 1 fully saturated rings. The molecule has 3 nitrogen and oxygen atoms in total. The molecule has 94 valence electrons. The molecule has 3 heteroatoms. The van der Waals surface area contributed by atoms with Gasteiger partial charge >= 0.3 is 0 Å². The minimum Gasteiger partial charge on any atom is -0.381 e. The third kappa shape index (κ3) is 4.62. The van der Waals surface area contributed by atoms with Gasteiger partial charge < -0.3 is 4.74 Å². The average Bonchev–Trinajstić information content (AvgIpc) is 2.29. The van der Waals surface area contributed by atoms with Crippen LogP contribution in [0.15, 0.2) is 0 Å². The molecule has 0 aromatic carbocycles. The molecule has 0 N–H and O–H groups in total. The first kappa shape index (κ1) is 13.7. The summed E-state index contributed by atoms with van der Waals surface area (Å²) in [6, 6.07) is 0. The van der Waals surface area contributed by atoms with Crippen LogP contribution in [0.1, 0.15) is 33.1 Å². The van der Waals surface area contributed by atoms with E-state index in [0.717, 1.165) is 39.0 Å². The molecule has 1 aliphatic rings. The van der Waals surface area contributed by atoms with Crippen molar-refractivity contribution in [2.45, 2.75) is 33.1 Å². The maximum atomic E-state index is 11.8. The Hall–Kier alpha value is -0.410. The summed E-state index contributed by atoms with van der Waals surface area (Å²) >= 11 is 0. The van der Waals surface area contributed by atoms with Crippen LogP contribution in [0.2, 0.25) is 0 Å². The molecule has 1 unspecified atom stereocenters. The fraction of sp³-hybridized carbons (Fsp3) is 0.923. The standard InChI is InChI=1S/C13H25NO2/c1-4-11(2)13(15)10-14(3)9-12-5-7-16-8-6-12/h11-12H,4-10H2,1-3H3. The van der Waals surface area contributed by atoms with Crippen molar-refractivity contribution >= 4 is 5.78 Å². The number of ketones is 1. The zero-order valence-corrected chi connectivity index (χ0v) is 10.9. The molecule has 1 heterocycles. The topological polar surface area (TPSA) is 29.5 Å². The lowest BCUT2D eigenvalue weighted by Gasteiger charge is -2.27. The van der Waals surface area contributed by atoms with Gasteiger partial charge in [-0.1, -0.05) is 13.8 Å². The number of Topliss-reactive ketones (excluding diaryl/α,β-unsaturated/α-hetero) is 1. The van der Waals surface area contributed by atoms with E-state index in [1.165, 1.54) is 0 Å². The zero-order chi connectivity index (χ0) is 12.0. The van der Waals surface area contributed by atoms with E-state index in [1.807, 2.05) is 6.92 Å². The lowest BCUT2D eigenvalue weighted by molar-refractivity contribution is -0.123. The molecule has 0 saturated carbocycles. The summed E-state index contributed by atoms with van der Waals surface area (Å²) in [5.74, 6) is 1.29. The molecule has 0 aromatic rings. The van der Waals surface area contributed by atoms with Crippen LogP contribution in [0.25, 0.3) is 0 Å². The summed E-state index contributed by atoms with van der Waals surface area (Å²) in [6.07, 6.45) is 3.23. The highest BCUT2D eigenvalue weighted by atomic mass is 16.5. The van der Waals surface area contributed by atoms with E-state index in [0.29, 0.717) is 18.2 Å². The van der Waals surface area contributed by atoms with E-state index in [1.54, 1.807) is 0 Å². The Bertz CT molecular complexity index is 212. The van der Waals surface area contributed by atoms with Crippen molar-refractivity contribution in [1.29, 1.82) is 0 Å². The van der Waals surface area contributed by atoms with Crippen LogP contribution >= 0.6 is 0 Å². The molecule has 0 amide bonds. The van der Waals surface area contributed by atoms with Crippen LogP contribution < -0.4 is 0 Å². The van der Waals surface area contributed by atoms with E-state index < -0.39 is 0 Å². The minimum atomic E-state index is 0.206. The number of rotatable bonds is 6. The molecule has 1 atom stereocenters. The average molecular weight is 227 g/mol. The summed E-state index contributed by atoms with van der Waals surface area (Å²) < 4.78 is 5.33. The quantitative estimate of drug-likeness (QED) is 0.694. The van der Waals surface area contributed by atoms with Gasteiger partial charge in [0.2, 0.25) is 0 Å². The van der Waals surface area contributed by atoms with Crippen molar-refractivity contribution in [3.8, 4) is 0 Å². The molecule has 0 aromatic heterocycles. The molecular weight excluding hydrogens is 202 g/mol. The van der Waals surface area contributed by atoms with Crippen LogP contribution in [0.5, 0.6) is 0 Å². The summed E-state index contributed by atoms with van der Waals surface area (Å²) in [7, 11) is 2.05. The van der Waals surface area contributed by atoms with Crippen molar-refractivity contribution in [1.82, 2.24) is 4.90 Å². The highest BCUT2D eigenvalue weighted by Gasteiger charge is 2.18. The Morgan fingerprint density at radius 1 is 1.44 bits per heavy atom. The first-order valence-electron chi connectivity index (χ1n) is 6.42. The van der Waals surface area contributed by atoms with Crippen LogP contribution in [0, 0.1) is 11.8 Å². The Morgan fingerprint density at radius 3 is 2.62 bits per heavy atom. The van der Waals surface area contributed by atoms with E-state index in [2.05, 4.69) is 18.9 Å². The molecule has 0 spiro atoms. The number of hydrogen-bond donors (Lipinski definition) is 0. The summed E-state index contributed by atoms with van der Waals surface area (Å²) in [4.78, 5) is 13.9. The van der Waals surface area contributed by atoms with Crippen molar-refractivity contribution in [2.75, 3.05) is 33.4 Å². The largest absolute Gasteiger partial charge is 0.381 e.